The average molecular weight is 368 g/mol. The normalized spacial score (nSPS) is 11.4. The van der Waals surface area contributed by atoms with E-state index >= 15 is 0 Å². The van der Waals surface area contributed by atoms with E-state index in [-0.39, 0.29) is 70.6 Å². The van der Waals surface area contributed by atoms with Gasteiger partial charge in [-0.15, -0.1) is 0 Å². The summed E-state index contributed by atoms with van der Waals surface area (Å²) in [5, 5.41) is 10.4. The molecule has 0 unspecified atom stereocenters. The van der Waals surface area contributed by atoms with Gasteiger partial charge in [-0.05, 0) is 12.8 Å². The van der Waals surface area contributed by atoms with Crippen molar-refractivity contribution in [3.05, 3.63) is 0 Å². The van der Waals surface area contributed by atoms with Crippen LogP contribution in [-0.2, 0) is 19.1 Å². The summed E-state index contributed by atoms with van der Waals surface area (Å²) in [6, 6.07) is -1.21. The number of esters is 2. The number of carboxylic acid groups (broad SMARTS) is 1. The third-order valence-corrected chi connectivity index (χ3v) is 3.67. The summed E-state index contributed by atoms with van der Waals surface area (Å²) < 4.78 is 4.61. The van der Waals surface area contributed by atoms with Crippen molar-refractivity contribution in [3.63, 3.8) is 0 Å². The monoisotopic (exact) mass is 367 g/mol. The maximum absolute atomic E-state index is 11.4. The van der Waals surface area contributed by atoms with Crippen molar-refractivity contribution in [1.82, 2.24) is 0 Å². The minimum Gasteiger partial charge on any atom is -0.548 e. The van der Waals surface area contributed by atoms with E-state index in [2.05, 4.69) is 11.7 Å². The summed E-state index contributed by atoms with van der Waals surface area (Å²) >= 11 is 0. The van der Waals surface area contributed by atoms with E-state index in [1.807, 2.05) is 0 Å². The standard InChI is InChI=1S/C17H31NO5.K/c1-2-3-4-5-6-7-8-9-10-11-15(19)23-16(20)13-12-14(18)17(21)22;/h14H,2-13,18H2,1H3,(H,21,22);/q;+1/p-1/t14-;/m0./s1. The van der Waals surface area contributed by atoms with Gasteiger partial charge in [0.15, 0.2) is 0 Å². The van der Waals surface area contributed by atoms with Crippen LogP contribution < -0.4 is 62.2 Å². The fourth-order valence-electron chi connectivity index (χ4n) is 2.20. The molecule has 6 nitrogen and oxygen atoms in total. The zero-order chi connectivity index (χ0) is 17.5. The molecule has 0 bridgehead atoms. The van der Waals surface area contributed by atoms with Crippen LogP contribution in [0.25, 0.3) is 0 Å². The smallest absolute Gasteiger partial charge is 0.548 e. The molecule has 24 heavy (non-hydrogen) atoms. The number of hydrogen-bond acceptors (Lipinski definition) is 6. The largest absolute Gasteiger partial charge is 1.00 e. The second-order valence-corrected chi connectivity index (χ2v) is 5.89. The molecule has 0 aromatic heterocycles. The summed E-state index contributed by atoms with van der Waals surface area (Å²) in [5.74, 6) is -2.71. The molecule has 0 saturated carbocycles. The molecule has 2 N–H and O–H groups in total. The van der Waals surface area contributed by atoms with E-state index in [0.717, 1.165) is 12.8 Å². The molecular weight excluding hydrogens is 337 g/mol. The Hall–Kier alpha value is 0.206. The van der Waals surface area contributed by atoms with Gasteiger partial charge in [0.2, 0.25) is 0 Å². The SMILES string of the molecule is CCCCCCCCCCCC(=O)OC(=O)CC[C@H](N)C(=O)[O-].[K+]. The number of nitrogens with two attached hydrogens (primary N) is 1. The van der Waals surface area contributed by atoms with Crippen LogP contribution in [0.2, 0.25) is 0 Å². The van der Waals surface area contributed by atoms with E-state index in [4.69, 9.17) is 5.73 Å². The Morgan fingerprint density at radius 1 is 0.875 bits per heavy atom. The molecule has 0 aromatic rings. The first kappa shape index (κ1) is 26.4. The molecule has 7 heteroatoms. The van der Waals surface area contributed by atoms with Gasteiger partial charge in [-0.3, -0.25) is 9.59 Å². The van der Waals surface area contributed by atoms with Gasteiger partial charge in [0.1, 0.15) is 0 Å². The van der Waals surface area contributed by atoms with Crippen LogP contribution in [0.4, 0.5) is 0 Å². The molecule has 134 valence electrons. The third kappa shape index (κ3) is 17.0. The maximum atomic E-state index is 11.4. The predicted octanol–water partition coefficient (Wildman–Crippen LogP) is -1.16. The third-order valence-electron chi connectivity index (χ3n) is 3.67. The second-order valence-electron chi connectivity index (χ2n) is 5.89. The van der Waals surface area contributed by atoms with Crippen LogP contribution in [0.5, 0.6) is 0 Å². The Kier molecular flexibility index (Phi) is 19.8. The summed E-state index contributed by atoms with van der Waals surface area (Å²) in [7, 11) is 0. The average Bonchev–Trinajstić information content (AvgIpc) is 2.50. The van der Waals surface area contributed by atoms with Gasteiger partial charge in [-0.25, -0.2) is 0 Å². The van der Waals surface area contributed by atoms with Crippen molar-refractivity contribution in [2.24, 2.45) is 5.73 Å². The Labute approximate surface area is 187 Å². The molecule has 0 aliphatic carbocycles. The zero-order valence-corrected chi connectivity index (χ0v) is 18.3. The second kappa shape index (κ2) is 18.0. The number of carboxylic acids is 1. The van der Waals surface area contributed by atoms with E-state index in [1.165, 1.54) is 38.5 Å². The Morgan fingerprint density at radius 2 is 1.33 bits per heavy atom. The number of ether oxygens (including phenoxy) is 1. The fourth-order valence-corrected chi connectivity index (χ4v) is 2.20. The van der Waals surface area contributed by atoms with Crippen LogP contribution in [0.15, 0.2) is 0 Å². The number of aliphatic carboxylic acids is 1. The molecule has 0 amide bonds. The van der Waals surface area contributed by atoms with Crippen LogP contribution in [0.3, 0.4) is 0 Å². The number of carbonyl (C=O) groups excluding carboxylic acids is 3. The van der Waals surface area contributed by atoms with E-state index < -0.39 is 23.9 Å². The van der Waals surface area contributed by atoms with Crippen molar-refractivity contribution < 1.29 is 75.6 Å². The van der Waals surface area contributed by atoms with Crippen molar-refractivity contribution in [3.8, 4) is 0 Å². The molecule has 0 spiro atoms. The Bertz CT molecular complexity index is 363. The number of carbonyl (C=O) groups is 3. The number of hydrogen-bond donors (Lipinski definition) is 1. The molecular formula is C17H30KNO5. The van der Waals surface area contributed by atoms with Crippen molar-refractivity contribution in [1.29, 1.82) is 0 Å². The van der Waals surface area contributed by atoms with Gasteiger partial charge in [-0.1, -0.05) is 58.3 Å². The molecule has 0 fully saturated rings. The van der Waals surface area contributed by atoms with E-state index in [1.54, 1.807) is 0 Å². The quantitative estimate of drug-likeness (QED) is 0.179. The van der Waals surface area contributed by atoms with Gasteiger partial charge in [-0.2, -0.15) is 0 Å². The zero-order valence-electron chi connectivity index (χ0n) is 15.2. The fraction of sp³-hybridized carbons (Fsp3) is 0.824. The topological polar surface area (TPSA) is 110 Å². The molecule has 0 aliphatic heterocycles. The molecule has 0 aliphatic rings. The van der Waals surface area contributed by atoms with E-state index in [9.17, 15) is 19.5 Å². The molecule has 0 saturated heterocycles. The molecule has 0 rings (SSSR count). The first-order valence-electron chi connectivity index (χ1n) is 8.67. The van der Waals surface area contributed by atoms with Gasteiger partial charge >= 0.3 is 63.3 Å². The van der Waals surface area contributed by atoms with Gasteiger partial charge in [0.05, 0.1) is 5.97 Å². The predicted molar refractivity (Wildman–Crippen MR) is 85.2 cm³/mol. The van der Waals surface area contributed by atoms with Crippen LogP contribution in [0.1, 0.15) is 84.0 Å². The van der Waals surface area contributed by atoms with Crippen molar-refractivity contribution in [2.75, 3.05) is 0 Å². The molecule has 0 aromatic carbocycles. The minimum absolute atomic E-state index is 0. The van der Waals surface area contributed by atoms with E-state index in [0.29, 0.717) is 6.42 Å². The van der Waals surface area contributed by atoms with Crippen molar-refractivity contribution in [2.45, 2.75) is 90.0 Å². The molecule has 0 heterocycles. The van der Waals surface area contributed by atoms with Gasteiger partial charge in [0, 0.05) is 18.9 Å². The summed E-state index contributed by atoms with van der Waals surface area (Å²) in [6.07, 6.45) is 10.2. The number of unbranched alkanes of at least 4 members (excludes halogenated alkanes) is 8. The summed E-state index contributed by atoms with van der Waals surface area (Å²) in [5.41, 5.74) is 5.21. The van der Waals surface area contributed by atoms with Gasteiger partial charge in [0.25, 0.3) is 0 Å². The van der Waals surface area contributed by atoms with Crippen LogP contribution in [-0.4, -0.2) is 23.9 Å². The molecule has 1 atom stereocenters. The molecule has 0 radical (unpaired) electrons. The Morgan fingerprint density at radius 3 is 1.83 bits per heavy atom. The summed E-state index contributed by atoms with van der Waals surface area (Å²) in [4.78, 5) is 33.1. The summed E-state index contributed by atoms with van der Waals surface area (Å²) in [6.45, 7) is 2.20. The van der Waals surface area contributed by atoms with Crippen molar-refractivity contribution >= 4 is 17.9 Å². The minimum atomic E-state index is -1.42. The first-order chi connectivity index (χ1) is 11.0. The van der Waals surface area contributed by atoms with Crippen LogP contribution in [0, 0.1) is 0 Å². The van der Waals surface area contributed by atoms with Gasteiger partial charge < -0.3 is 20.4 Å². The van der Waals surface area contributed by atoms with Crippen LogP contribution >= 0.6 is 0 Å². The number of rotatable bonds is 14. The Balaban J connectivity index is 0. The first-order valence-corrected chi connectivity index (χ1v) is 8.67. The maximum Gasteiger partial charge on any atom is 1.00 e.